The third-order valence-electron chi connectivity index (χ3n) is 3.33. The van der Waals surface area contributed by atoms with Crippen molar-refractivity contribution in [3.8, 4) is 0 Å². The van der Waals surface area contributed by atoms with Crippen molar-refractivity contribution in [3.63, 3.8) is 0 Å². The fraction of sp³-hybridized carbons (Fsp3) is 0.529. The van der Waals surface area contributed by atoms with Crippen molar-refractivity contribution in [3.05, 3.63) is 35.4 Å². The highest BCUT2D eigenvalue weighted by Gasteiger charge is 2.29. The van der Waals surface area contributed by atoms with Gasteiger partial charge in [0.2, 0.25) is 5.91 Å². The average molecular weight is 370 g/mol. The number of hydrogen-bond acceptors (Lipinski definition) is 5. The summed E-state index contributed by atoms with van der Waals surface area (Å²) >= 11 is 0. The SMILES string of the molecule is CCCNC(=O)c1ccc(COP(=O)(CC(=O)N(C)C)OCC)cc1. The molecule has 25 heavy (non-hydrogen) atoms. The van der Waals surface area contributed by atoms with E-state index in [1.54, 1.807) is 45.3 Å². The second-order valence-corrected chi connectivity index (χ2v) is 7.76. The molecule has 0 aliphatic rings. The van der Waals surface area contributed by atoms with Gasteiger partial charge < -0.3 is 19.3 Å². The first kappa shape index (κ1) is 21.4. The zero-order valence-electron chi connectivity index (χ0n) is 15.3. The number of benzene rings is 1. The predicted molar refractivity (Wildman–Crippen MR) is 96.6 cm³/mol. The number of amides is 2. The second-order valence-electron chi connectivity index (χ2n) is 5.70. The highest BCUT2D eigenvalue weighted by Crippen LogP contribution is 2.48. The van der Waals surface area contributed by atoms with Crippen LogP contribution in [0.5, 0.6) is 0 Å². The van der Waals surface area contributed by atoms with Crippen molar-refractivity contribution in [1.82, 2.24) is 10.2 Å². The number of carbonyl (C=O) groups excluding carboxylic acids is 2. The molecule has 1 aromatic carbocycles. The van der Waals surface area contributed by atoms with E-state index in [1.165, 1.54) is 4.90 Å². The third kappa shape index (κ3) is 7.38. The number of carbonyl (C=O) groups is 2. The molecular weight excluding hydrogens is 343 g/mol. The van der Waals surface area contributed by atoms with Crippen molar-refractivity contribution in [2.24, 2.45) is 0 Å². The summed E-state index contributed by atoms with van der Waals surface area (Å²) in [5, 5.41) is 2.80. The van der Waals surface area contributed by atoms with E-state index in [4.69, 9.17) is 9.05 Å². The number of nitrogens with zero attached hydrogens (tertiary/aromatic N) is 1. The van der Waals surface area contributed by atoms with Gasteiger partial charge >= 0.3 is 7.60 Å². The summed E-state index contributed by atoms with van der Waals surface area (Å²) in [5.74, 6) is -0.453. The van der Waals surface area contributed by atoms with Crippen LogP contribution in [0, 0.1) is 0 Å². The Morgan fingerprint density at radius 2 is 1.76 bits per heavy atom. The van der Waals surface area contributed by atoms with E-state index in [1.807, 2.05) is 6.92 Å². The molecule has 8 heteroatoms. The lowest BCUT2D eigenvalue weighted by Gasteiger charge is -2.19. The van der Waals surface area contributed by atoms with Crippen LogP contribution >= 0.6 is 7.60 Å². The molecule has 0 saturated carbocycles. The summed E-state index contributed by atoms with van der Waals surface area (Å²) in [6, 6.07) is 6.82. The molecule has 0 fully saturated rings. The van der Waals surface area contributed by atoms with Crippen LogP contribution in [0.2, 0.25) is 0 Å². The lowest BCUT2D eigenvalue weighted by molar-refractivity contribution is -0.126. The van der Waals surface area contributed by atoms with Crippen LogP contribution in [0.15, 0.2) is 24.3 Å². The molecule has 1 atom stereocenters. The Morgan fingerprint density at radius 3 is 2.28 bits per heavy atom. The minimum absolute atomic E-state index is 0.0366. The van der Waals surface area contributed by atoms with Crippen LogP contribution in [-0.4, -0.2) is 50.1 Å². The van der Waals surface area contributed by atoms with E-state index in [9.17, 15) is 14.2 Å². The molecule has 7 nitrogen and oxygen atoms in total. The first-order chi connectivity index (χ1) is 11.8. The van der Waals surface area contributed by atoms with E-state index < -0.39 is 7.60 Å². The maximum Gasteiger partial charge on any atom is 0.340 e. The predicted octanol–water partition coefficient (Wildman–Crippen LogP) is 2.66. The minimum atomic E-state index is -3.51. The van der Waals surface area contributed by atoms with Crippen molar-refractivity contribution in [2.45, 2.75) is 26.9 Å². The maximum atomic E-state index is 12.6. The summed E-state index contributed by atoms with van der Waals surface area (Å²) in [7, 11) is -0.343. The largest absolute Gasteiger partial charge is 0.352 e. The number of nitrogens with one attached hydrogen (secondary N) is 1. The molecule has 0 aromatic heterocycles. The van der Waals surface area contributed by atoms with Crippen molar-refractivity contribution in [2.75, 3.05) is 33.4 Å². The highest BCUT2D eigenvalue weighted by molar-refractivity contribution is 7.54. The van der Waals surface area contributed by atoms with Crippen molar-refractivity contribution in [1.29, 1.82) is 0 Å². The summed E-state index contributed by atoms with van der Waals surface area (Å²) in [6.07, 6.45) is 0.571. The Bertz CT molecular complexity index is 616. The van der Waals surface area contributed by atoms with Gasteiger partial charge in [-0.05, 0) is 31.0 Å². The maximum absolute atomic E-state index is 12.6. The number of hydrogen-bond donors (Lipinski definition) is 1. The topological polar surface area (TPSA) is 84.9 Å². The van der Waals surface area contributed by atoms with Gasteiger partial charge in [0.05, 0.1) is 13.2 Å². The van der Waals surface area contributed by atoms with Gasteiger partial charge in [0.1, 0.15) is 6.16 Å². The Labute approximate surface area is 149 Å². The molecule has 0 radical (unpaired) electrons. The van der Waals surface area contributed by atoms with Crippen LogP contribution < -0.4 is 5.32 Å². The lowest BCUT2D eigenvalue weighted by atomic mass is 10.1. The molecule has 0 aliphatic heterocycles. The first-order valence-corrected chi connectivity index (χ1v) is 9.99. The lowest BCUT2D eigenvalue weighted by Crippen LogP contribution is -2.25. The summed E-state index contributed by atoms with van der Waals surface area (Å²) < 4.78 is 23.3. The second kappa shape index (κ2) is 10.3. The van der Waals surface area contributed by atoms with Crippen LogP contribution in [-0.2, 0) is 25.0 Å². The zero-order valence-corrected chi connectivity index (χ0v) is 16.2. The van der Waals surface area contributed by atoms with Crippen molar-refractivity contribution < 1.29 is 23.2 Å². The molecule has 2 amide bonds. The smallest absolute Gasteiger partial charge is 0.340 e. The van der Waals surface area contributed by atoms with Gasteiger partial charge in [0.25, 0.3) is 5.91 Å². The zero-order chi connectivity index (χ0) is 18.9. The van der Waals surface area contributed by atoms with Gasteiger partial charge in [-0.2, -0.15) is 0 Å². The molecule has 1 unspecified atom stereocenters. The van der Waals surface area contributed by atoms with Gasteiger partial charge in [0, 0.05) is 26.2 Å². The molecule has 1 N–H and O–H groups in total. The molecule has 140 valence electrons. The molecular formula is C17H27N2O5P. The Kier molecular flexibility index (Phi) is 8.83. The fourth-order valence-corrected chi connectivity index (χ4v) is 3.51. The van der Waals surface area contributed by atoms with Gasteiger partial charge in [-0.25, -0.2) is 0 Å². The van der Waals surface area contributed by atoms with E-state index in [0.29, 0.717) is 12.1 Å². The van der Waals surface area contributed by atoms with Crippen molar-refractivity contribution >= 4 is 19.4 Å². The van der Waals surface area contributed by atoms with Gasteiger partial charge in [-0.15, -0.1) is 0 Å². The Balaban J connectivity index is 2.69. The molecule has 0 bridgehead atoms. The van der Waals surface area contributed by atoms with E-state index >= 15 is 0 Å². The number of rotatable bonds is 10. The molecule has 0 aliphatic carbocycles. The van der Waals surface area contributed by atoms with E-state index in [-0.39, 0.29) is 31.2 Å². The Hall–Kier alpha value is -1.69. The summed E-state index contributed by atoms with van der Waals surface area (Å²) in [6.45, 7) is 4.53. The standard InChI is InChI=1S/C17H27N2O5P/c1-5-11-18-17(21)15-9-7-14(8-10-15)12-24-25(22,23-6-2)13-16(20)19(3)4/h7-10H,5-6,11-13H2,1-4H3,(H,18,21). The van der Waals surface area contributed by atoms with E-state index in [2.05, 4.69) is 5.32 Å². The van der Waals surface area contributed by atoms with Crippen LogP contribution in [0.1, 0.15) is 36.2 Å². The summed E-state index contributed by atoms with van der Waals surface area (Å²) in [4.78, 5) is 25.0. The summed E-state index contributed by atoms with van der Waals surface area (Å²) in [5.41, 5.74) is 1.29. The van der Waals surface area contributed by atoms with E-state index in [0.717, 1.165) is 12.0 Å². The normalized spacial score (nSPS) is 13.1. The molecule has 0 saturated heterocycles. The quantitative estimate of drug-likeness (QED) is 0.640. The van der Waals surface area contributed by atoms with Crippen LogP contribution in [0.4, 0.5) is 0 Å². The third-order valence-corrected chi connectivity index (χ3v) is 5.17. The van der Waals surface area contributed by atoms with Gasteiger partial charge in [-0.1, -0.05) is 19.1 Å². The molecule has 1 aromatic rings. The Morgan fingerprint density at radius 1 is 1.12 bits per heavy atom. The molecule has 0 spiro atoms. The minimum Gasteiger partial charge on any atom is -0.352 e. The highest BCUT2D eigenvalue weighted by atomic mass is 31.2. The van der Waals surface area contributed by atoms with Gasteiger partial charge in [0.15, 0.2) is 0 Å². The fourth-order valence-electron chi connectivity index (χ4n) is 1.90. The molecule has 1 rings (SSSR count). The van der Waals surface area contributed by atoms with Gasteiger partial charge in [-0.3, -0.25) is 14.2 Å². The first-order valence-electron chi connectivity index (χ1n) is 8.26. The van der Waals surface area contributed by atoms with Crippen LogP contribution in [0.25, 0.3) is 0 Å². The van der Waals surface area contributed by atoms with Crippen LogP contribution in [0.3, 0.4) is 0 Å². The molecule has 0 heterocycles. The monoisotopic (exact) mass is 370 g/mol. The average Bonchev–Trinajstić information content (AvgIpc) is 2.58.